The van der Waals surface area contributed by atoms with Crippen molar-refractivity contribution in [3.63, 3.8) is 0 Å². The fraction of sp³-hybridized carbons (Fsp3) is 0.514. The molecule has 2 aromatic heterocycles. The molecule has 3 unspecified atom stereocenters. The molecule has 0 bridgehead atoms. The first-order valence-electron chi connectivity index (χ1n) is 17.8. The molecular formula is C37H43N5O7S. The number of ether oxygens (including phenoxy) is 2. The van der Waals surface area contributed by atoms with Gasteiger partial charge in [-0.2, -0.15) is 0 Å². The van der Waals surface area contributed by atoms with Crippen LogP contribution in [0.3, 0.4) is 0 Å². The minimum Gasteiger partial charge on any atom is -0.479 e. The van der Waals surface area contributed by atoms with Gasteiger partial charge in [0, 0.05) is 12.3 Å². The molecule has 1 aromatic carbocycles. The first-order chi connectivity index (χ1) is 24.3. The van der Waals surface area contributed by atoms with Crippen molar-refractivity contribution < 1.29 is 33.8 Å². The molecule has 1 saturated heterocycles. The van der Waals surface area contributed by atoms with Crippen molar-refractivity contribution in [3.8, 4) is 16.5 Å². The van der Waals surface area contributed by atoms with E-state index in [2.05, 4.69) is 10.6 Å². The van der Waals surface area contributed by atoms with Gasteiger partial charge in [-0.3, -0.25) is 9.59 Å². The second-order valence-corrected chi connectivity index (χ2v) is 14.8. The third-order valence-corrected chi connectivity index (χ3v) is 11.2. The summed E-state index contributed by atoms with van der Waals surface area (Å²) in [4.78, 5) is 66.0. The molecule has 3 amide bonds. The van der Waals surface area contributed by atoms with E-state index in [-0.39, 0.29) is 37.3 Å². The van der Waals surface area contributed by atoms with Crippen LogP contribution in [-0.4, -0.2) is 80.2 Å². The second-order valence-electron chi connectivity index (χ2n) is 13.8. The molecule has 2 aliphatic carbocycles. The minimum atomic E-state index is -1.43. The Kier molecular flexibility index (Phi) is 10.0. The molecule has 2 aliphatic heterocycles. The lowest BCUT2D eigenvalue weighted by Crippen LogP contribution is -2.56. The number of hydrogen-bond donors (Lipinski definition) is 3. The lowest BCUT2D eigenvalue weighted by Gasteiger charge is -2.30. The lowest BCUT2D eigenvalue weighted by molar-refractivity contribution is -0.145. The molecule has 4 heterocycles. The van der Waals surface area contributed by atoms with Crippen molar-refractivity contribution >= 4 is 46.2 Å². The van der Waals surface area contributed by atoms with E-state index in [1.807, 2.05) is 53.9 Å². The second kappa shape index (κ2) is 14.8. The third-order valence-electron chi connectivity index (χ3n) is 10.3. The number of rotatable bonds is 6. The van der Waals surface area contributed by atoms with E-state index in [0.29, 0.717) is 29.6 Å². The predicted molar refractivity (Wildman–Crippen MR) is 187 cm³/mol. The van der Waals surface area contributed by atoms with Crippen molar-refractivity contribution in [2.24, 2.45) is 5.92 Å². The Balaban J connectivity index is 1.18. The number of nitrogens with one attached hydrogen (secondary N) is 2. The normalized spacial score (nSPS) is 28.4. The van der Waals surface area contributed by atoms with Gasteiger partial charge in [0.2, 0.25) is 17.7 Å². The molecule has 3 aromatic rings. The maximum atomic E-state index is 14.4. The standard InChI is InChI=1S/C37H43N5O7S/c43-32-29-20-25(48-33-31(30-18-11-19-50-30)38-26-15-9-10-16-27(26)39-33)22-42(29)34(44)28(40-36(47)49-24-13-6-4-7-14-24)17-8-3-1-2-5-12-23-21-37(23,41-32)35(45)46/h5,9-12,15-16,18-19,23-25,28-29H,1-4,6-8,13-14,17,20-22H2,(H,40,47)(H,41,43)(H,45,46)/b12-5-/t23?,25-,28+,29?,37?/m1/s1. The Hall–Kier alpha value is -4.52. The Morgan fingerprint density at radius 3 is 2.48 bits per heavy atom. The Labute approximate surface area is 294 Å². The van der Waals surface area contributed by atoms with E-state index >= 15 is 0 Å². The maximum absolute atomic E-state index is 14.4. The lowest BCUT2D eigenvalue weighted by atomic mass is 9.98. The molecule has 50 heavy (non-hydrogen) atoms. The number of carboxylic acids is 1. The van der Waals surface area contributed by atoms with Gasteiger partial charge >= 0.3 is 12.1 Å². The largest absolute Gasteiger partial charge is 0.479 e. The van der Waals surface area contributed by atoms with Gasteiger partial charge in [0.05, 0.1) is 22.5 Å². The summed E-state index contributed by atoms with van der Waals surface area (Å²) in [6.45, 7) is 0.0363. The summed E-state index contributed by atoms with van der Waals surface area (Å²) in [5.41, 5.74) is 0.472. The monoisotopic (exact) mass is 701 g/mol. The highest BCUT2D eigenvalue weighted by Gasteiger charge is 2.61. The van der Waals surface area contributed by atoms with Crippen LogP contribution in [0.4, 0.5) is 4.79 Å². The van der Waals surface area contributed by atoms with Gasteiger partial charge < -0.3 is 30.1 Å². The molecule has 13 heteroatoms. The quantitative estimate of drug-likeness (QED) is 0.278. The van der Waals surface area contributed by atoms with Crippen molar-refractivity contribution in [2.45, 2.75) is 107 Å². The highest BCUT2D eigenvalue weighted by Crippen LogP contribution is 2.45. The molecule has 3 fully saturated rings. The van der Waals surface area contributed by atoms with Crippen LogP contribution in [0.1, 0.15) is 77.0 Å². The van der Waals surface area contributed by atoms with Gasteiger partial charge in [-0.1, -0.05) is 49.6 Å². The summed E-state index contributed by atoms with van der Waals surface area (Å²) in [7, 11) is 0. The van der Waals surface area contributed by atoms with Gasteiger partial charge in [0.15, 0.2) is 0 Å². The van der Waals surface area contributed by atoms with E-state index in [9.17, 15) is 24.3 Å². The number of carboxylic acid groups (broad SMARTS) is 1. The summed E-state index contributed by atoms with van der Waals surface area (Å²) in [5, 5.41) is 17.8. The Morgan fingerprint density at radius 1 is 0.960 bits per heavy atom. The SMILES string of the molecule is O=C(N[C@H]1CCCCC/C=C\C2CC2(C(=O)O)NC(=O)C2C[C@@H](Oc3nc4ccccc4nc3-c3cccs3)CN2C1=O)OC1CCCCC1. The minimum absolute atomic E-state index is 0.0363. The fourth-order valence-electron chi connectivity index (χ4n) is 7.46. The predicted octanol–water partition coefficient (Wildman–Crippen LogP) is 5.61. The van der Waals surface area contributed by atoms with Crippen molar-refractivity contribution in [1.82, 2.24) is 25.5 Å². The van der Waals surface area contributed by atoms with Gasteiger partial charge in [0.25, 0.3) is 0 Å². The number of allylic oxidation sites excluding steroid dienone is 1. The van der Waals surface area contributed by atoms with Crippen LogP contribution in [-0.2, 0) is 19.1 Å². The molecule has 0 radical (unpaired) electrons. The molecule has 7 rings (SSSR count). The molecule has 3 N–H and O–H groups in total. The Morgan fingerprint density at radius 2 is 1.72 bits per heavy atom. The summed E-state index contributed by atoms with van der Waals surface area (Å²) in [6.07, 6.45) is 10.9. The fourth-order valence-corrected chi connectivity index (χ4v) is 8.16. The summed E-state index contributed by atoms with van der Waals surface area (Å²) in [5.74, 6) is -2.15. The Bertz CT molecular complexity index is 1760. The first kappa shape index (κ1) is 34.0. The zero-order chi connectivity index (χ0) is 34.7. The number of thiophene rings is 1. The number of para-hydroxylation sites is 2. The van der Waals surface area contributed by atoms with E-state index in [1.165, 1.54) is 16.2 Å². The number of nitrogens with zero attached hydrogens (tertiary/aromatic N) is 3. The highest BCUT2D eigenvalue weighted by atomic mass is 32.1. The van der Waals surface area contributed by atoms with Crippen molar-refractivity contribution in [2.75, 3.05) is 6.54 Å². The van der Waals surface area contributed by atoms with E-state index in [0.717, 1.165) is 56.2 Å². The van der Waals surface area contributed by atoms with Crippen LogP contribution in [0.15, 0.2) is 53.9 Å². The zero-order valence-electron chi connectivity index (χ0n) is 27.9. The number of benzene rings is 1. The molecule has 12 nitrogen and oxygen atoms in total. The number of carbonyl (C=O) groups is 4. The van der Waals surface area contributed by atoms with Crippen LogP contribution in [0.2, 0.25) is 0 Å². The average Bonchev–Trinajstić information content (AvgIpc) is 3.40. The van der Waals surface area contributed by atoms with Crippen LogP contribution < -0.4 is 15.4 Å². The molecular weight excluding hydrogens is 659 g/mol. The average molecular weight is 702 g/mol. The third kappa shape index (κ3) is 7.33. The molecule has 4 aliphatic rings. The number of aromatic nitrogens is 2. The zero-order valence-corrected chi connectivity index (χ0v) is 28.7. The summed E-state index contributed by atoms with van der Waals surface area (Å²) in [6, 6.07) is 9.37. The molecule has 5 atom stereocenters. The van der Waals surface area contributed by atoms with Crippen LogP contribution in [0, 0.1) is 5.92 Å². The number of amides is 3. The van der Waals surface area contributed by atoms with Crippen molar-refractivity contribution in [3.05, 3.63) is 53.9 Å². The number of fused-ring (bicyclic) bond motifs is 3. The van der Waals surface area contributed by atoms with Gasteiger partial charge in [-0.05, 0) is 74.9 Å². The smallest absolute Gasteiger partial charge is 0.408 e. The highest BCUT2D eigenvalue weighted by molar-refractivity contribution is 7.13. The summed E-state index contributed by atoms with van der Waals surface area (Å²) < 4.78 is 12.3. The van der Waals surface area contributed by atoms with Crippen LogP contribution in [0.25, 0.3) is 21.6 Å². The van der Waals surface area contributed by atoms with Crippen molar-refractivity contribution in [1.29, 1.82) is 0 Å². The van der Waals surface area contributed by atoms with Crippen LogP contribution >= 0.6 is 11.3 Å². The number of alkyl carbamates (subject to hydrolysis) is 1. The topological polar surface area (TPSA) is 160 Å². The van der Waals surface area contributed by atoms with E-state index in [1.54, 1.807) is 0 Å². The van der Waals surface area contributed by atoms with Gasteiger partial charge in [-0.25, -0.2) is 19.6 Å². The van der Waals surface area contributed by atoms with Gasteiger partial charge in [-0.15, -0.1) is 11.3 Å². The number of aliphatic carboxylic acids is 1. The number of hydrogen-bond acceptors (Lipinski definition) is 9. The van der Waals surface area contributed by atoms with E-state index < -0.39 is 47.6 Å². The van der Waals surface area contributed by atoms with Crippen LogP contribution in [0.5, 0.6) is 5.88 Å². The molecule has 0 spiro atoms. The number of carbonyl (C=O) groups excluding carboxylic acids is 3. The maximum Gasteiger partial charge on any atom is 0.408 e. The molecule has 2 saturated carbocycles. The van der Waals surface area contributed by atoms with E-state index in [4.69, 9.17) is 19.4 Å². The van der Waals surface area contributed by atoms with Gasteiger partial charge in [0.1, 0.15) is 35.5 Å². The first-order valence-corrected chi connectivity index (χ1v) is 18.7. The molecule has 264 valence electrons. The summed E-state index contributed by atoms with van der Waals surface area (Å²) >= 11 is 1.50.